The molecule has 86 valence electrons. The van der Waals surface area contributed by atoms with Crippen LogP contribution in [0.4, 0.5) is 0 Å². The first-order valence-electron chi connectivity index (χ1n) is 5.58. The lowest BCUT2D eigenvalue weighted by Crippen LogP contribution is -2.46. The fraction of sp³-hybridized carbons (Fsp3) is 0.917. The summed E-state index contributed by atoms with van der Waals surface area (Å²) in [6.07, 6.45) is 1.73. The molecule has 3 nitrogen and oxygen atoms in total. The molecule has 0 aromatic rings. The van der Waals surface area contributed by atoms with Gasteiger partial charge < -0.3 is 9.47 Å². The molecule has 0 aromatic carbocycles. The van der Waals surface area contributed by atoms with Crippen LogP contribution in [0, 0.1) is 5.41 Å². The van der Waals surface area contributed by atoms with Gasteiger partial charge in [-0.3, -0.25) is 4.79 Å². The number of ether oxygens (including phenoxy) is 2. The third-order valence-electron chi connectivity index (χ3n) is 4.38. The highest BCUT2D eigenvalue weighted by Crippen LogP contribution is 2.65. The van der Waals surface area contributed by atoms with Crippen molar-refractivity contribution in [1.29, 1.82) is 0 Å². The number of rotatable bonds is 1. The highest BCUT2D eigenvalue weighted by atomic mass is 16.6. The van der Waals surface area contributed by atoms with E-state index in [9.17, 15) is 4.79 Å². The molecule has 15 heavy (non-hydrogen) atoms. The van der Waals surface area contributed by atoms with Crippen LogP contribution in [0.1, 0.15) is 47.5 Å². The molecule has 0 amide bonds. The molecule has 2 fully saturated rings. The third-order valence-corrected chi connectivity index (χ3v) is 4.38. The van der Waals surface area contributed by atoms with Gasteiger partial charge in [0.25, 0.3) is 0 Å². The van der Waals surface area contributed by atoms with Crippen LogP contribution in [0.25, 0.3) is 0 Å². The van der Waals surface area contributed by atoms with Gasteiger partial charge in [-0.15, -0.1) is 0 Å². The fourth-order valence-corrected chi connectivity index (χ4v) is 3.10. The van der Waals surface area contributed by atoms with E-state index in [1.54, 1.807) is 0 Å². The molecule has 0 unspecified atom stereocenters. The van der Waals surface area contributed by atoms with Gasteiger partial charge in [-0.2, -0.15) is 0 Å². The van der Waals surface area contributed by atoms with Crippen LogP contribution in [-0.4, -0.2) is 23.3 Å². The Hall–Kier alpha value is -0.570. The Morgan fingerprint density at radius 2 is 1.87 bits per heavy atom. The molecule has 1 aliphatic heterocycles. The minimum Gasteiger partial charge on any atom is -0.462 e. The first-order chi connectivity index (χ1) is 6.70. The highest BCUT2D eigenvalue weighted by Gasteiger charge is 2.73. The van der Waals surface area contributed by atoms with E-state index in [0.29, 0.717) is 0 Å². The van der Waals surface area contributed by atoms with Gasteiger partial charge in [0.1, 0.15) is 11.7 Å². The van der Waals surface area contributed by atoms with Gasteiger partial charge in [-0.1, -0.05) is 13.8 Å². The van der Waals surface area contributed by atoms with E-state index in [4.69, 9.17) is 9.47 Å². The van der Waals surface area contributed by atoms with E-state index < -0.39 is 0 Å². The van der Waals surface area contributed by atoms with Crippen molar-refractivity contribution < 1.29 is 14.3 Å². The van der Waals surface area contributed by atoms with E-state index in [1.807, 2.05) is 0 Å². The number of carbonyl (C=O) groups is 1. The summed E-state index contributed by atoms with van der Waals surface area (Å²) in [5.74, 6) is -0.191. The average molecular weight is 212 g/mol. The molecule has 1 aliphatic carbocycles. The maximum absolute atomic E-state index is 11.0. The van der Waals surface area contributed by atoms with Crippen LogP contribution in [0.15, 0.2) is 0 Å². The number of hydrogen-bond donors (Lipinski definition) is 0. The van der Waals surface area contributed by atoms with Crippen molar-refractivity contribution in [2.24, 2.45) is 5.41 Å². The normalized spacial score (nSPS) is 46.9. The van der Waals surface area contributed by atoms with Crippen LogP contribution in [0.3, 0.4) is 0 Å². The van der Waals surface area contributed by atoms with Gasteiger partial charge in [0, 0.05) is 13.3 Å². The van der Waals surface area contributed by atoms with Crippen molar-refractivity contribution in [3.05, 3.63) is 0 Å². The Morgan fingerprint density at radius 1 is 1.27 bits per heavy atom. The van der Waals surface area contributed by atoms with Crippen molar-refractivity contribution >= 4 is 5.97 Å². The molecule has 0 N–H and O–H groups in total. The summed E-state index contributed by atoms with van der Waals surface area (Å²) in [6.45, 7) is 10.1. The molecule has 0 aromatic heterocycles. The largest absolute Gasteiger partial charge is 0.462 e. The first kappa shape index (κ1) is 10.9. The molecule has 2 rings (SSSR count). The second kappa shape index (κ2) is 2.76. The zero-order valence-electron chi connectivity index (χ0n) is 10.2. The van der Waals surface area contributed by atoms with Gasteiger partial charge in [-0.05, 0) is 25.7 Å². The molecule has 3 atom stereocenters. The Bertz CT molecular complexity index is 310. The molecule has 0 radical (unpaired) electrons. The van der Waals surface area contributed by atoms with E-state index >= 15 is 0 Å². The number of fused-ring (bicyclic) bond motifs is 1. The molecular formula is C12H20O3. The molecule has 1 heterocycles. The summed E-state index contributed by atoms with van der Waals surface area (Å²) < 4.78 is 11.2. The lowest BCUT2D eigenvalue weighted by atomic mass is 9.64. The second-order valence-corrected chi connectivity index (χ2v) is 5.89. The quantitative estimate of drug-likeness (QED) is 0.494. The Morgan fingerprint density at radius 3 is 2.33 bits per heavy atom. The summed E-state index contributed by atoms with van der Waals surface area (Å²) in [7, 11) is 0. The summed E-state index contributed by atoms with van der Waals surface area (Å²) >= 11 is 0. The Kier molecular flexibility index (Phi) is 2.01. The van der Waals surface area contributed by atoms with Crippen molar-refractivity contribution in [3.63, 3.8) is 0 Å². The minimum absolute atomic E-state index is 0.0121. The van der Waals surface area contributed by atoms with Gasteiger partial charge in [-0.25, -0.2) is 0 Å². The van der Waals surface area contributed by atoms with Crippen LogP contribution in [0.2, 0.25) is 0 Å². The van der Waals surface area contributed by atoms with Gasteiger partial charge in [0.05, 0.1) is 5.60 Å². The zero-order valence-corrected chi connectivity index (χ0v) is 10.2. The number of epoxide rings is 1. The Labute approximate surface area is 91.1 Å². The van der Waals surface area contributed by atoms with Crippen molar-refractivity contribution in [3.8, 4) is 0 Å². The Balaban J connectivity index is 2.15. The lowest BCUT2D eigenvalue weighted by Gasteiger charge is -2.39. The summed E-state index contributed by atoms with van der Waals surface area (Å²) in [6, 6.07) is 0. The van der Waals surface area contributed by atoms with E-state index in [2.05, 4.69) is 27.7 Å². The SMILES string of the molecule is CC(=O)O[C@H]1CC(C)(C)[C@@]2(C)O[C@@]2(C)C1. The van der Waals surface area contributed by atoms with Crippen LogP contribution in [-0.2, 0) is 14.3 Å². The standard InChI is InChI=1S/C12H20O3/c1-8(13)14-9-6-10(2,3)12(5)11(4,7-9)15-12/h9H,6-7H2,1-5H3/t9-,11-,12+/m0/s1. The number of hydrogen-bond acceptors (Lipinski definition) is 3. The van der Waals surface area contributed by atoms with E-state index in [-0.39, 0.29) is 28.7 Å². The zero-order chi connectivity index (χ0) is 11.5. The van der Waals surface area contributed by atoms with Crippen molar-refractivity contribution in [2.45, 2.75) is 64.8 Å². The molecule has 1 saturated heterocycles. The van der Waals surface area contributed by atoms with Crippen LogP contribution < -0.4 is 0 Å². The van der Waals surface area contributed by atoms with Gasteiger partial charge in [0.15, 0.2) is 0 Å². The van der Waals surface area contributed by atoms with Crippen LogP contribution in [0.5, 0.6) is 0 Å². The fourth-order valence-electron chi connectivity index (χ4n) is 3.10. The maximum atomic E-state index is 11.0. The molecule has 1 saturated carbocycles. The first-order valence-corrected chi connectivity index (χ1v) is 5.58. The minimum atomic E-state index is -0.191. The lowest BCUT2D eigenvalue weighted by molar-refractivity contribution is -0.150. The van der Waals surface area contributed by atoms with Crippen LogP contribution >= 0.6 is 0 Å². The predicted octanol–water partition coefficient (Wildman–Crippen LogP) is 2.29. The highest BCUT2D eigenvalue weighted by molar-refractivity contribution is 5.66. The number of carbonyl (C=O) groups excluding carboxylic acids is 1. The van der Waals surface area contributed by atoms with E-state index in [1.165, 1.54) is 6.92 Å². The third kappa shape index (κ3) is 1.40. The van der Waals surface area contributed by atoms with Crippen molar-refractivity contribution in [2.75, 3.05) is 0 Å². The van der Waals surface area contributed by atoms with E-state index in [0.717, 1.165) is 12.8 Å². The van der Waals surface area contributed by atoms with Gasteiger partial charge >= 0.3 is 5.97 Å². The summed E-state index contributed by atoms with van der Waals surface area (Å²) in [4.78, 5) is 11.0. The average Bonchev–Trinajstić information content (AvgIpc) is 2.51. The second-order valence-electron chi connectivity index (χ2n) is 5.89. The van der Waals surface area contributed by atoms with Gasteiger partial charge in [0.2, 0.25) is 0 Å². The summed E-state index contributed by atoms with van der Waals surface area (Å²) in [5, 5.41) is 0. The predicted molar refractivity (Wildman–Crippen MR) is 56.5 cm³/mol. The molecule has 0 bridgehead atoms. The summed E-state index contributed by atoms with van der Waals surface area (Å²) in [5.41, 5.74) is -0.0777. The maximum Gasteiger partial charge on any atom is 0.302 e. The molecule has 2 aliphatic rings. The molecule has 0 spiro atoms. The number of esters is 1. The molecular weight excluding hydrogens is 192 g/mol. The monoisotopic (exact) mass is 212 g/mol. The van der Waals surface area contributed by atoms with Crippen molar-refractivity contribution in [1.82, 2.24) is 0 Å². The smallest absolute Gasteiger partial charge is 0.302 e. The molecule has 3 heteroatoms. The topological polar surface area (TPSA) is 38.8 Å².